The van der Waals surface area contributed by atoms with Crippen LogP contribution in [0.15, 0.2) is 10.8 Å². The molecular weight excluding hydrogens is 356 g/mol. The number of carbonyl (C=O) groups excluding carboxylic acids is 2. The Hall–Kier alpha value is -1.73. The van der Waals surface area contributed by atoms with Gasteiger partial charge in [0.15, 0.2) is 0 Å². The average molecular weight is 381 g/mol. The summed E-state index contributed by atoms with van der Waals surface area (Å²) in [4.78, 5) is 29.0. The van der Waals surface area contributed by atoms with Crippen LogP contribution in [0.25, 0.3) is 0 Å². The smallest absolute Gasteiger partial charge is 0.341 e. The van der Waals surface area contributed by atoms with Crippen LogP contribution >= 0.6 is 22.7 Å². The fourth-order valence-electron chi connectivity index (χ4n) is 2.41. The average Bonchev–Trinajstić information content (AvgIpc) is 3.13. The third-order valence-electron chi connectivity index (χ3n) is 3.54. The highest BCUT2D eigenvalue weighted by Gasteiger charge is 2.22. The van der Waals surface area contributed by atoms with Crippen LogP contribution in [0.2, 0.25) is 0 Å². The summed E-state index contributed by atoms with van der Waals surface area (Å²) in [7, 11) is 1.35. The molecule has 0 fully saturated rings. The summed E-state index contributed by atoms with van der Waals surface area (Å²) in [6, 6.07) is 0. The van der Waals surface area contributed by atoms with Crippen LogP contribution in [-0.4, -0.2) is 24.0 Å². The number of amides is 1. The van der Waals surface area contributed by atoms with Crippen LogP contribution in [0.5, 0.6) is 0 Å². The third kappa shape index (κ3) is 5.12. The third-order valence-corrected chi connectivity index (χ3v) is 5.68. The second kappa shape index (κ2) is 8.58. The number of aromatic nitrogens is 1. The number of nitrogens with one attached hydrogen (secondary N) is 1. The Morgan fingerprint density at radius 1 is 1.20 bits per heavy atom. The van der Waals surface area contributed by atoms with E-state index in [0.29, 0.717) is 22.4 Å². The highest BCUT2D eigenvalue weighted by molar-refractivity contribution is 7.15. The number of nitrogens with zero attached hydrogens (tertiary/aromatic N) is 1. The van der Waals surface area contributed by atoms with Crippen molar-refractivity contribution in [2.75, 3.05) is 12.4 Å². The SMILES string of the molecule is COC(=O)c1c(CC(C)C)csc1NC(=O)Cc1csc(C(C)C)n1. The molecule has 25 heavy (non-hydrogen) atoms. The van der Waals surface area contributed by atoms with Gasteiger partial charge < -0.3 is 10.1 Å². The summed E-state index contributed by atoms with van der Waals surface area (Å²) in [5.74, 6) is 0.168. The van der Waals surface area contributed by atoms with E-state index < -0.39 is 5.97 Å². The largest absolute Gasteiger partial charge is 0.465 e. The van der Waals surface area contributed by atoms with E-state index in [2.05, 4.69) is 38.0 Å². The Morgan fingerprint density at radius 3 is 2.48 bits per heavy atom. The van der Waals surface area contributed by atoms with Gasteiger partial charge in [-0.05, 0) is 23.3 Å². The maximum absolute atomic E-state index is 12.4. The van der Waals surface area contributed by atoms with Crippen molar-refractivity contribution in [1.82, 2.24) is 4.98 Å². The molecule has 0 aliphatic carbocycles. The molecule has 0 aromatic carbocycles. The molecule has 0 unspecified atom stereocenters. The number of hydrogen-bond acceptors (Lipinski definition) is 6. The Bertz CT molecular complexity index is 747. The number of methoxy groups -OCH3 is 1. The minimum atomic E-state index is -0.414. The summed E-state index contributed by atoms with van der Waals surface area (Å²) >= 11 is 2.93. The molecule has 0 aliphatic rings. The highest BCUT2D eigenvalue weighted by atomic mass is 32.1. The second-order valence-electron chi connectivity index (χ2n) is 6.61. The van der Waals surface area contributed by atoms with E-state index in [0.717, 1.165) is 22.7 Å². The van der Waals surface area contributed by atoms with E-state index in [4.69, 9.17) is 4.74 Å². The zero-order valence-corrected chi connectivity index (χ0v) is 16.8. The number of hydrogen-bond donors (Lipinski definition) is 1. The molecule has 0 radical (unpaired) electrons. The standard InChI is InChI=1S/C18H24N2O3S2/c1-10(2)6-12-8-24-17(15(12)18(22)23-5)20-14(21)7-13-9-25-16(19-13)11(3)4/h8-11H,6-7H2,1-5H3,(H,20,21). The summed E-state index contributed by atoms with van der Waals surface area (Å²) in [5, 5.41) is 8.25. The Labute approximate surface area is 156 Å². The van der Waals surface area contributed by atoms with E-state index in [9.17, 15) is 9.59 Å². The fraction of sp³-hybridized carbons (Fsp3) is 0.500. The monoisotopic (exact) mass is 380 g/mol. The molecule has 1 amide bonds. The van der Waals surface area contributed by atoms with Crippen molar-refractivity contribution < 1.29 is 14.3 Å². The second-order valence-corrected chi connectivity index (χ2v) is 8.38. The van der Waals surface area contributed by atoms with Crippen LogP contribution in [-0.2, 0) is 22.4 Å². The van der Waals surface area contributed by atoms with Crippen molar-refractivity contribution in [2.24, 2.45) is 5.92 Å². The maximum atomic E-state index is 12.4. The van der Waals surface area contributed by atoms with Gasteiger partial charge in [-0.1, -0.05) is 27.7 Å². The lowest BCUT2D eigenvalue weighted by atomic mass is 10.0. The zero-order chi connectivity index (χ0) is 18.6. The highest BCUT2D eigenvalue weighted by Crippen LogP contribution is 2.31. The van der Waals surface area contributed by atoms with E-state index >= 15 is 0 Å². The van der Waals surface area contributed by atoms with Crippen molar-refractivity contribution in [1.29, 1.82) is 0 Å². The van der Waals surface area contributed by atoms with Gasteiger partial charge in [0.2, 0.25) is 5.91 Å². The van der Waals surface area contributed by atoms with Crippen LogP contribution in [0.3, 0.4) is 0 Å². The van der Waals surface area contributed by atoms with Crippen LogP contribution in [0, 0.1) is 5.92 Å². The van der Waals surface area contributed by atoms with E-state index in [1.54, 1.807) is 11.3 Å². The van der Waals surface area contributed by atoms with Gasteiger partial charge in [0.25, 0.3) is 0 Å². The molecule has 7 heteroatoms. The minimum absolute atomic E-state index is 0.177. The molecule has 0 aliphatic heterocycles. The Kier molecular flexibility index (Phi) is 6.72. The van der Waals surface area contributed by atoms with Gasteiger partial charge >= 0.3 is 5.97 Å². The summed E-state index contributed by atoms with van der Waals surface area (Å²) in [5.41, 5.74) is 2.14. The number of esters is 1. The summed E-state index contributed by atoms with van der Waals surface area (Å²) in [6.45, 7) is 8.33. The molecule has 0 atom stereocenters. The van der Waals surface area contributed by atoms with Crippen molar-refractivity contribution in [3.63, 3.8) is 0 Å². The van der Waals surface area contributed by atoms with E-state index in [1.807, 2.05) is 10.8 Å². The van der Waals surface area contributed by atoms with Gasteiger partial charge in [-0.25, -0.2) is 9.78 Å². The van der Waals surface area contributed by atoms with E-state index in [1.165, 1.54) is 18.4 Å². The Morgan fingerprint density at radius 2 is 1.92 bits per heavy atom. The fourth-order valence-corrected chi connectivity index (χ4v) is 4.22. The van der Waals surface area contributed by atoms with E-state index in [-0.39, 0.29) is 12.3 Å². The maximum Gasteiger partial charge on any atom is 0.341 e. The van der Waals surface area contributed by atoms with Crippen molar-refractivity contribution in [3.05, 3.63) is 32.6 Å². The number of anilines is 1. The molecule has 5 nitrogen and oxygen atoms in total. The first kappa shape index (κ1) is 19.6. The number of rotatable bonds is 7. The molecule has 2 rings (SSSR count). The molecule has 0 bridgehead atoms. The quantitative estimate of drug-likeness (QED) is 0.718. The number of thiophene rings is 1. The van der Waals surface area contributed by atoms with Gasteiger partial charge in [0.05, 0.1) is 29.8 Å². The van der Waals surface area contributed by atoms with Crippen LogP contribution in [0.1, 0.15) is 60.2 Å². The van der Waals surface area contributed by atoms with Gasteiger partial charge in [-0.3, -0.25) is 4.79 Å². The molecular formula is C18H24N2O3S2. The van der Waals surface area contributed by atoms with Crippen molar-refractivity contribution in [3.8, 4) is 0 Å². The lowest BCUT2D eigenvalue weighted by Crippen LogP contribution is -2.17. The molecule has 1 N–H and O–H groups in total. The van der Waals surface area contributed by atoms with Gasteiger partial charge in [0.1, 0.15) is 5.00 Å². The number of ether oxygens (including phenoxy) is 1. The molecule has 2 heterocycles. The first-order valence-corrected chi connectivity index (χ1v) is 10.0. The van der Waals surface area contributed by atoms with Crippen LogP contribution in [0.4, 0.5) is 5.00 Å². The Balaban J connectivity index is 2.13. The molecule has 136 valence electrons. The summed E-state index contributed by atoms with van der Waals surface area (Å²) in [6.07, 6.45) is 0.960. The van der Waals surface area contributed by atoms with Gasteiger partial charge in [-0.2, -0.15) is 0 Å². The van der Waals surface area contributed by atoms with Crippen molar-refractivity contribution >= 4 is 39.6 Å². The van der Waals surface area contributed by atoms with Crippen molar-refractivity contribution in [2.45, 2.75) is 46.5 Å². The molecule has 0 saturated carbocycles. The molecule has 0 saturated heterocycles. The summed E-state index contributed by atoms with van der Waals surface area (Å²) < 4.78 is 4.89. The topological polar surface area (TPSA) is 68.3 Å². The first-order valence-electron chi connectivity index (χ1n) is 8.24. The first-order chi connectivity index (χ1) is 11.8. The number of thiazole rings is 1. The lowest BCUT2D eigenvalue weighted by molar-refractivity contribution is -0.115. The van der Waals surface area contributed by atoms with Gasteiger partial charge in [0, 0.05) is 11.3 Å². The molecule has 2 aromatic rings. The lowest BCUT2D eigenvalue weighted by Gasteiger charge is -2.08. The van der Waals surface area contributed by atoms with Crippen LogP contribution < -0.4 is 5.32 Å². The molecule has 0 spiro atoms. The zero-order valence-electron chi connectivity index (χ0n) is 15.2. The predicted octanol–water partition coefficient (Wildman–Crippen LogP) is 4.49. The number of carbonyl (C=O) groups is 2. The minimum Gasteiger partial charge on any atom is -0.465 e. The predicted molar refractivity (Wildman–Crippen MR) is 103 cm³/mol. The normalized spacial score (nSPS) is 11.2. The van der Waals surface area contributed by atoms with Gasteiger partial charge in [-0.15, -0.1) is 22.7 Å². The molecule has 2 aromatic heterocycles.